The van der Waals surface area contributed by atoms with Crippen LogP contribution in [0.3, 0.4) is 0 Å². The number of nitrogens with one attached hydrogen (secondary N) is 2. The molecule has 0 bridgehead atoms. The lowest BCUT2D eigenvalue weighted by molar-refractivity contribution is 0.968. The summed E-state index contributed by atoms with van der Waals surface area (Å²) in [6.07, 6.45) is 0.742. The molecule has 0 saturated heterocycles. The van der Waals surface area contributed by atoms with Crippen LogP contribution in [0.4, 0.5) is 11.6 Å². The number of para-hydroxylation sites is 1. The van der Waals surface area contributed by atoms with Crippen LogP contribution < -0.4 is 10.9 Å². The van der Waals surface area contributed by atoms with Crippen molar-refractivity contribution < 1.29 is 0 Å². The van der Waals surface area contributed by atoms with Crippen LogP contribution in [0.15, 0.2) is 35.1 Å². The molecule has 0 aliphatic rings. The van der Waals surface area contributed by atoms with Crippen molar-refractivity contribution >= 4 is 34.2 Å². The Bertz CT molecular complexity index is 566. The number of H-pyrrole nitrogens is 1. The van der Waals surface area contributed by atoms with Gasteiger partial charge in [-0.3, -0.25) is 9.78 Å². The Kier molecular flexibility index (Phi) is 3.78. The van der Waals surface area contributed by atoms with E-state index in [-0.39, 0.29) is 5.56 Å². The van der Waals surface area contributed by atoms with Crippen molar-refractivity contribution in [3.8, 4) is 0 Å². The predicted octanol–water partition coefficient (Wildman–Crippen LogP) is 2.68. The number of anilines is 2. The van der Waals surface area contributed by atoms with Crippen molar-refractivity contribution in [1.29, 1.82) is 0 Å². The highest BCUT2D eigenvalue weighted by Crippen LogP contribution is 2.13. The number of aromatic amines is 1. The lowest BCUT2D eigenvalue weighted by Gasteiger charge is -2.07. The molecule has 88 valence electrons. The Hall–Kier alpha value is -1.37. The lowest BCUT2D eigenvalue weighted by Crippen LogP contribution is -2.16. The Morgan fingerprint density at radius 3 is 2.71 bits per heavy atom. The van der Waals surface area contributed by atoms with Crippen molar-refractivity contribution in [3.63, 3.8) is 0 Å². The third kappa shape index (κ3) is 2.85. The average molecular weight is 341 g/mol. The summed E-state index contributed by atoms with van der Waals surface area (Å²) in [6, 6.07) is 9.63. The zero-order valence-corrected chi connectivity index (χ0v) is 11.5. The maximum absolute atomic E-state index is 11.7. The summed E-state index contributed by atoms with van der Waals surface area (Å²) in [6.45, 7) is 1.98. The molecule has 0 atom stereocenters. The number of rotatable bonds is 3. The van der Waals surface area contributed by atoms with Crippen LogP contribution in [0.25, 0.3) is 0 Å². The van der Waals surface area contributed by atoms with Gasteiger partial charge in [-0.05, 0) is 41.1 Å². The predicted molar refractivity (Wildman–Crippen MR) is 76.7 cm³/mol. The fourth-order valence-corrected chi connectivity index (χ4v) is 2.09. The van der Waals surface area contributed by atoms with E-state index in [4.69, 9.17) is 0 Å². The van der Waals surface area contributed by atoms with Gasteiger partial charge in [0.05, 0.1) is 9.26 Å². The summed E-state index contributed by atoms with van der Waals surface area (Å²) in [4.78, 5) is 18.8. The molecule has 2 rings (SSSR count). The van der Waals surface area contributed by atoms with Crippen molar-refractivity contribution in [2.24, 2.45) is 0 Å². The molecule has 0 aliphatic heterocycles. The molecule has 4 nitrogen and oxygen atoms in total. The largest absolute Gasteiger partial charge is 0.326 e. The zero-order chi connectivity index (χ0) is 12.3. The summed E-state index contributed by atoms with van der Waals surface area (Å²) < 4.78 is 0.656. The highest BCUT2D eigenvalue weighted by molar-refractivity contribution is 14.1. The number of benzene rings is 1. The van der Waals surface area contributed by atoms with Crippen LogP contribution in [0.1, 0.15) is 12.6 Å². The van der Waals surface area contributed by atoms with Gasteiger partial charge in [0.25, 0.3) is 5.56 Å². The number of nitrogens with zero attached hydrogens (tertiary/aromatic N) is 1. The number of aromatic nitrogens is 2. The van der Waals surface area contributed by atoms with Gasteiger partial charge < -0.3 is 5.32 Å². The molecule has 0 fully saturated rings. The van der Waals surface area contributed by atoms with Gasteiger partial charge >= 0.3 is 0 Å². The molecule has 17 heavy (non-hydrogen) atoms. The van der Waals surface area contributed by atoms with E-state index in [1.165, 1.54) is 0 Å². The van der Waals surface area contributed by atoms with E-state index in [0.717, 1.165) is 17.8 Å². The molecule has 2 N–H and O–H groups in total. The first-order valence-corrected chi connectivity index (χ1v) is 6.39. The number of hydrogen-bond acceptors (Lipinski definition) is 3. The highest BCUT2D eigenvalue weighted by Gasteiger charge is 2.06. The van der Waals surface area contributed by atoms with Gasteiger partial charge in [0, 0.05) is 5.69 Å². The van der Waals surface area contributed by atoms with E-state index in [9.17, 15) is 4.79 Å². The van der Waals surface area contributed by atoms with Crippen LogP contribution in [0, 0.1) is 3.57 Å². The Labute approximate surface area is 113 Å². The van der Waals surface area contributed by atoms with Gasteiger partial charge in [-0.2, -0.15) is 0 Å². The van der Waals surface area contributed by atoms with Gasteiger partial charge in [-0.15, -0.1) is 0 Å². The maximum Gasteiger partial charge on any atom is 0.266 e. The van der Waals surface area contributed by atoms with E-state index in [1.807, 2.05) is 59.8 Å². The van der Waals surface area contributed by atoms with Gasteiger partial charge in [0.15, 0.2) is 0 Å². The average Bonchev–Trinajstić information content (AvgIpc) is 2.35. The van der Waals surface area contributed by atoms with Crippen LogP contribution in [-0.4, -0.2) is 9.97 Å². The third-order valence-corrected chi connectivity index (χ3v) is 3.42. The molecule has 0 radical (unpaired) electrons. The molecule has 0 spiro atoms. The minimum Gasteiger partial charge on any atom is -0.326 e. The summed E-state index contributed by atoms with van der Waals surface area (Å²) in [5.41, 5.74) is 1.61. The third-order valence-electron chi connectivity index (χ3n) is 2.30. The minimum absolute atomic E-state index is 0.101. The van der Waals surface area contributed by atoms with Crippen LogP contribution in [-0.2, 0) is 6.42 Å². The molecule has 1 aromatic heterocycles. The molecule has 1 aromatic carbocycles. The quantitative estimate of drug-likeness (QED) is 0.844. The first kappa shape index (κ1) is 12.1. The Morgan fingerprint density at radius 2 is 2.06 bits per heavy atom. The summed E-state index contributed by atoms with van der Waals surface area (Å²) in [5, 5.41) is 3.08. The van der Waals surface area contributed by atoms with Crippen LogP contribution >= 0.6 is 22.6 Å². The molecule has 1 heterocycles. The number of hydrogen-bond donors (Lipinski definition) is 2. The summed E-state index contributed by atoms with van der Waals surface area (Å²) in [7, 11) is 0. The SMILES string of the molecule is CCc1nc(Nc2ccccc2)[nH]c(=O)c1I. The molecular formula is C12H12IN3O. The normalized spacial score (nSPS) is 10.2. The maximum atomic E-state index is 11.7. The lowest BCUT2D eigenvalue weighted by atomic mass is 10.3. The molecule has 0 unspecified atom stereocenters. The van der Waals surface area contributed by atoms with Gasteiger partial charge in [0.1, 0.15) is 0 Å². The van der Waals surface area contributed by atoms with Crippen LogP contribution in [0.5, 0.6) is 0 Å². The van der Waals surface area contributed by atoms with E-state index in [1.54, 1.807) is 0 Å². The molecule has 0 amide bonds. The second-order valence-electron chi connectivity index (χ2n) is 3.52. The standard InChI is InChI=1S/C12H12IN3O/c1-2-9-10(13)11(17)16-12(15-9)14-8-6-4-3-5-7-8/h3-7H,2H2,1H3,(H2,14,15,16,17). The summed E-state index contributed by atoms with van der Waals surface area (Å²) >= 11 is 2.02. The monoisotopic (exact) mass is 341 g/mol. The number of halogens is 1. The second-order valence-corrected chi connectivity index (χ2v) is 4.60. The van der Waals surface area contributed by atoms with E-state index >= 15 is 0 Å². The fourth-order valence-electron chi connectivity index (χ4n) is 1.46. The van der Waals surface area contributed by atoms with Gasteiger partial charge in [0.2, 0.25) is 5.95 Å². The highest BCUT2D eigenvalue weighted by atomic mass is 127. The van der Waals surface area contributed by atoms with Crippen molar-refractivity contribution in [3.05, 3.63) is 49.9 Å². The molecule has 5 heteroatoms. The van der Waals surface area contributed by atoms with Gasteiger partial charge in [-0.25, -0.2) is 4.98 Å². The first-order chi connectivity index (χ1) is 8.20. The first-order valence-electron chi connectivity index (χ1n) is 5.31. The Morgan fingerprint density at radius 1 is 1.35 bits per heavy atom. The molecule has 0 saturated carbocycles. The van der Waals surface area contributed by atoms with Crippen molar-refractivity contribution in [1.82, 2.24) is 9.97 Å². The van der Waals surface area contributed by atoms with Crippen molar-refractivity contribution in [2.45, 2.75) is 13.3 Å². The van der Waals surface area contributed by atoms with Gasteiger partial charge in [-0.1, -0.05) is 25.1 Å². The second kappa shape index (κ2) is 5.31. The van der Waals surface area contributed by atoms with Crippen LogP contribution in [0.2, 0.25) is 0 Å². The van der Waals surface area contributed by atoms with E-state index < -0.39 is 0 Å². The van der Waals surface area contributed by atoms with E-state index in [0.29, 0.717) is 9.52 Å². The Balaban J connectivity index is 2.34. The molecule has 0 aliphatic carbocycles. The smallest absolute Gasteiger partial charge is 0.266 e. The minimum atomic E-state index is -0.101. The van der Waals surface area contributed by atoms with E-state index in [2.05, 4.69) is 15.3 Å². The zero-order valence-electron chi connectivity index (χ0n) is 9.33. The van der Waals surface area contributed by atoms with Crippen molar-refractivity contribution in [2.75, 3.05) is 5.32 Å². The topological polar surface area (TPSA) is 57.8 Å². The molecular weight excluding hydrogens is 329 g/mol. The summed E-state index contributed by atoms with van der Waals surface area (Å²) in [5.74, 6) is 0.485. The number of aryl methyl sites for hydroxylation is 1. The molecule has 2 aromatic rings. The fraction of sp³-hybridized carbons (Fsp3) is 0.167.